The summed E-state index contributed by atoms with van der Waals surface area (Å²) in [6, 6.07) is 17.9. The first-order valence-electron chi connectivity index (χ1n) is 8.19. The van der Waals surface area contributed by atoms with E-state index in [-0.39, 0.29) is 0 Å². The number of hydrogen-bond donors (Lipinski definition) is 2. The zero-order valence-corrected chi connectivity index (χ0v) is 13.5. The Balaban J connectivity index is 1.62. The molecule has 4 heteroatoms. The third-order valence-corrected chi connectivity index (χ3v) is 3.41. The van der Waals surface area contributed by atoms with Crippen molar-refractivity contribution in [2.75, 3.05) is 26.2 Å². The Labute approximate surface area is 138 Å². The Morgan fingerprint density at radius 1 is 0.783 bits per heavy atom. The van der Waals surface area contributed by atoms with Crippen LogP contribution in [-0.4, -0.2) is 26.2 Å². The quantitative estimate of drug-likeness (QED) is 0.626. The molecule has 0 unspecified atom stereocenters. The van der Waals surface area contributed by atoms with Gasteiger partial charge in [0.1, 0.15) is 18.1 Å². The van der Waals surface area contributed by atoms with Crippen molar-refractivity contribution in [1.29, 1.82) is 0 Å². The fourth-order valence-electron chi connectivity index (χ4n) is 2.14. The van der Waals surface area contributed by atoms with Crippen molar-refractivity contribution in [3.63, 3.8) is 0 Å². The summed E-state index contributed by atoms with van der Waals surface area (Å²) in [6.07, 6.45) is 2.13. The number of unbranched alkanes of at least 4 members (excludes halogenated alkanes) is 1. The fourth-order valence-corrected chi connectivity index (χ4v) is 2.14. The number of rotatable bonds is 11. The van der Waals surface area contributed by atoms with E-state index in [1.807, 2.05) is 42.5 Å². The Kier molecular flexibility index (Phi) is 8.02. The van der Waals surface area contributed by atoms with Crippen molar-refractivity contribution in [3.8, 4) is 11.5 Å². The standard InChI is InChI=1S/C19H26N2O2/c20-12-14-21-13-4-5-15-22-18-8-10-19(11-9-18)23-16-17-6-2-1-3-7-17/h1-3,6-11,21H,4-5,12-16,20H2. The van der Waals surface area contributed by atoms with Crippen molar-refractivity contribution in [2.24, 2.45) is 5.73 Å². The fraction of sp³-hybridized carbons (Fsp3) is 0.368. The molecule has 124 valence electrons. The number of nitrogens with one attached hydrogen (secondary N) is 1. The van der Waals surface area contributed by atoms with Crippen LogP contribution in [0.4, 0.5) is 0 Å². The van der Waals surface area contributed by atoms with Crippen molar-refractivity contribution in [3.05, 3.63) is 60.2 Å². The maximum atomic E-state index is 5.75. The number of benzene rings is 2. The van der Waals surface area contributed by atoms with Gasteiger partial charge in [-0.25, -0.2) is 0 Å². The average molecular weight is 314 g/mol. The van der Waals surface area contributed by atoms with Gasteiger partial charge in [0, 0.05) is 13.1 Å². The molecule has 0 saturated carbocycles. The normalized spacial score (nSPS) is 10.5. The second kappa shape index (κ2) is 10.6. The Morgan fingerprint density at radius 3 is 2.17 bits per heavy atom. The predicted octanol–water partition coefficient (Wildman–Crippen LogP) is 2.97. The molecule has 23 heavy (non-hydrogen) atoms. The summed E-state index contributed by atoms with van der Waals surface area (Å²) in [5, 5.41) is 3.27. The highest BCUT2D eigenvalue weighted by Crippen LogP contribution is 2.18. The van der Waals surface area contributed by atoms with Gasteiger partial charge in [-0.3, -0.25) is 0 Å². The average Bonchev–Trinajstić information content (AvgIpc) is 2.61. The summed E-state index contributed by atoms with van der Waals surface area (Å²) in [6.45, 7) is 3.87. The molecule has 2 aromatic rings. The van der Waals surface area contributed by atoms with E-state index in [9.17, 15) is 0 Å². The van der Waals surface area contributed by atoms with Gasteiger partial charge >= 0.3 is 0 Å². The molecule has 0 saturated heterocycles. The van der Waals surface area contributed by atoms with Gasteiger partial charge in [-0.2, -0.15) is 0 Å². The molecule has 2 aromatic carbocycles. The van der Waals surface area contributed by atoms with E-state index in [4.69, 9.17) is 15.2 Å². The molecular weight excluding hydrogens is 288 g/mol. The van der Waals surface area contributed by atoms with Gasteiger partial charge in [0.15, 0.2) is 0 Å². The number of hydrogen-bond acceptors (Lipinski definition) is 4. The molecular formula is C19H26N2O2. The first kappa shape index (κ1) is 17.3. The van der Waals surface area contributed by atoms with Gasteiger partial charge < -0.3 is 20.5 Å². The molecule has 2 rings (SSSR count). The van der Waals surface area contributed by atoms with Gasteiger partial charge in [-0.15, -0.1) is 0 Å². The highest BCUT2D eigenvalue weighted by atomic mass is 16.5. The van der Waals surface area contributed by atoms with E-state index in [1.54, 1.807) is 0 Å². The van der Waals surface area contributed by atoms with Crippen molar-refractivity contribution in [2.45, 2.75) is 19.4 Å². The predicted molar refractivity (Wildman–Crippen MR) is 93.9 cm³/mol. The first-order valence-corrected chi connectivity index (χ1v) is 8.19. The zero-order valence-electron chi connectivity index (χ0n) is 13.5. The number of ether oxygens (including phenoxy) is 2. The van der Waals surface area contributed by atoms with Crippen LogP contribution in [0.5, 0.6) is 11.5 Å². The lowest BCUT2D eigenvalue weighted by atomic mass is 10.2. The van der Waals surface area contributed by atoms with Crippen molar-refractivity contribution >= 4 is 0 Å². The monoisotopic (exact) mass is 314 g/mol. The SMILES string of the molecule is NCCNCCCCOc1ccc(OCc2ccccc2)cc1. The lowest BCUT2D eigenvalue weighted by Gasteiger charge is -2.09. The van der Waals surface area contributed by atoms with Gasteiger partial charge in [-0.1, -0.05) is 30.3 Å². The number of nitrogens with two attached hydrogens (primary N) is 1. The molecule has 0 heterocycles. The molecule has 0 bridgehead atoms. The maximum Gasteiger partial charge on any atom is 0.120 e. The van der Waals surface area contributed by atoms with Crippen LogP contribution in [0, 0.1) is 0 Å². The molecule has 0 fully saturated rings. The minimum absolute atomic E-state index is 0.580. The highest BCUT2D eigenvalue weighted by Gasteiger charge is 1.98. The molecule has 0 atom stereocenters. The van der Waals surface area contributed by atoms with E-state index in [2.05, 4.69) is 17.4 Å². The van der Waals surface area contributed by atoms with Crippen LogP contribution in [0.1, 0.15) is 18.4 Å². The molecule has 0 amide bonds. The minimum Gasteiger partial charge on any atom is -0.494 e. The van der Waals surface area contributed by atoms with E-state index >= 15 is 0 Å². The second-order valence-corrected chi connectivity index (χ2v) is 5.34. The Hall–Kier alpha value is -2.04. The van der Waals surface area contributed by atoms with E-state index in [1.165, 1.54) is 0 Å². The van der Waals surface area contributed by atoms with E-state index in [0.717, 1.165) is 49.6 Å². The van der Waals surface area contributed by atoms with Crippen LogP contribution in [0.3, 0.4) is 0 Å². The van der Waals surface area contributed by atoms with Gasteiger partial charge in [0.25, 0.3) is 0 Å². The summed E-state index contributed by atoms with van der Waals surface area (Å²) in [5.74, 6) is 1.74. The lowest BCUT2D eigenvalue weighted by Crippen LogP contribution is -2.23. The summed E-state index contributed by atoms with van der Waals surface area (Å²) in [5.41, 5.74) is 6.58. The van der Waals surface area contributed by atoms with E-state index in [0.29, 0.717) is 13.2 Å². The van der Waals surface area contributed by atoms with Crippen LogP contribution in [-0.2, 0) is 6.61 Å². The summed E-state index contributed by atoms with van der Waals surface area (Å²) in [7, 11) is 0. The molecule has 0 spiro atoms. The molecule has 0 aliphatic carbocycles. The summed E-state index contributed by atoms with van der Waals surface area (Å²) in [4.78, 5) is 0. The third-order valence-electron chi connectivity index (χ3n) is 3.41. The third kappa shape index (κ3) is 7.17. The van der Waals surface area contributed by atoms with Crippen LogP contribution in [0.15, 0.2) is 54.6 Å². The maximum absolute atomic E-state index is 5.75. The van der Waals surface area contributed by atoms with Crippen LogP contribution in [0.25, 0.3) is 0 Å². The van der Waals surface area contributed by atoms with Crippen molar-refractivity contribution in [1.82, 2.24) is 5.32 Å². The van der Waals surface area contributed by atoms with Crippen LogP contribution < -0.4 is 20.5 Å². The van der Waals surface area contributed by atoms with Gasteiger partial charge in [-0.05, 0) is 49.2 Å². The Bertz CT molecular complexity index is 529. The lowest BCUT2D eigenvalue weighted by molar-refractivity contribution is 0.297. The molecule has 0 radical (unpaired) electrons. The molecule has 0 aliphatic heterocycles. The van der Waals surface area contributed by atoms with Gasteiger partial charge in [0.05, 0.1) is 6.61 Å². The van der Waals surface area contributed by atoms with Gasteiger partial charge in [0.2, 0.25) is 0 Å². The smallest absolute Gasteiger partial charge is 0.120 e. The zero-order chi connectivity index (χ0) is 16.2. The molecule has 3 N–H and O–H groups in total. The largest absolute Gasteiger partial charge is 0.494 e. The topological polar surface area (TPSA) is 56.5 Å². The molecule has 4 nitrogen and oxygen atoms in total. The molecule has 0 aromatic heterocycles. The van der Waals surface area contributed by atoms with Crippen molar-refractivity contribution < 1.29 is 9.47 Å². The van der Waals surface area contributed by atoms with E-state index < -0.39 is 0 Å². The first-order chi connectivity index (χ1) is 11.4. The van der Waals surface area contributed by atoms with Crippen LogP contribution >= 0.6 is 0 Å². The minimum atomic E-state index is 0.580. The highest BCUT2D eigenvalue weighted by molar-refractivity contribution is 5.31. The summed E-state index contributed by atoms with van der Waals surface area (Å²) < 4.78 is 11.5. The molecule has 0 aliphatic rings. The van der Waals surface area contributed by atoms with Crippen LogP contribution in [0.2, 0.25) is 0 Å². The summed E-state index contributed by atoms with van der Waals surface area (Å²) >= 11 is 0. The Morgan fingerprint density at radius 2 is 1.48 bits per heavy atom. The second-order valence-electron chi connectivity index (χ2n) is 5.34.